The summed E-state index contributed by atoms with van der Waals surface area (Å²) < 4.78 is 3.58. The summed E-state index contributed by atoms with van der Waals surface area (Å²) in [5.41, 5.74) is 0.345. The molecule has 1 N–H and O–H groups in total. The maximum absolute atomic E-state index is 10.7. The molecule has 0 amide bonds. The predicted molar refractivity (Wildman–Crippen MR) is 43.0 cm³/mol. The maximum atomic E-state index is 10.7. The van der Waals surface area contributed by atoms with Gasteiger partial charge in [0.25, 0.3) is 11.5 Å². The van der Waals surface area contributed by atoms with Gasteiger partial charge in [-0.3, -0.25) is 0 Å². The molecule has 0 saturated heterocycles. The fourth-order valence-corrected chi connectivity index (χ4v) is 1.28. The second-order valence-corrected chi connectivity index (χ2v) is 2.72. The number of aromatic carboxylic acids is 1. The van der Waals surface area contributed by atoms with Crippen molar-refractivity contribution in [3.05, 3.63) is 17.7 Å². The highest BCUT2D eigenvalue weighted by atomic mass is 16.4. The number of hydrogen-bond acceptors (Lipinski definition) is 1. The molecule has 1 rings (SSSR count). The summed E-state index contributed by atoms with van der Waals surface area (Å²) in [5.74, 6) is 0.0791. The average Bonchev–Trinajstić information content (AvgIpc) is 2.29. The van der Waals surface area contributed by atoms with Crippen molar-refractivity contribution in [3.8, 4) is 0 Å². The summed E-state index contributed by atoms with van der Waals surface area (Å²) in [6.45, 7) is 4.52. The van der Waals surface area contributed by atoms with Gasteiger partial charge in [0.2, 0.25) is 0 Å². The van der Waals surface area contributed by atoms with Crippen molar-refractivity contribution >= 4 is 5.97 Å². The summed E-state index contributed by atoms with van der Waals surface area (Å²) in [7, 11) is 1.84. The van der Waals surface area contributed by atoms with Crippen molar-refractivity contribution in [2.45, 2.75) is 20.4 Å². The molecule has 1 aromatic rings. The zero-order valence-electron chi connectivity index (χ0n) is 7.53. The highest BCUT2D eigenvalue weighted by Crippen LogP contribution is 2.01. The third-order valence-corrected chi connectivity index (χ3v) is 2.04. The Morgan fingerprint density at radius 1 is 1.75 bits per heavy atom. The topological polar surface area (TPSA) is 46.1 Å². The molecular weight excluding hydrogens is 156 g/mol. The molecule has 0 radical (unpaired) electrons. The Bertz CT molecular complexity index is 315. The molecule has 4 heteroatoms. The van der Waals surface area contributed by atoms with Crippen molar-refractivity contribution < 1.29 is 14.5 Å². The number of imidazole rings is 1. The molecule has 12 heavy (non-hydrogen) atoms. The smallest absolute Gasteiger partial charge is 0.379 e. The lowest BCUT2D eigenvalue weighted by Gasteiger charge is -1.94. The standard InChI is InChI=1S/C8H12N2O2/c1-4-10-6(2)9(3)5-7(10)8(11)12/h5H,4H2,1-3H3/p+1. The largest absolute Gasteiger partial charge is 0.475 e. The van der Waals surface area contributed by atoms with E-state index in [0.717, 1.165) is 5.82 Å². The van der Waals surface area contributed by atoms with Gasteiger partial charge in [0.15, 0.2) is 0 Å². The molecule has 0 saturated carbocycles. The third kappa shape index (κ3) is 1.20. The van der Waals surface area contributed by atoms with Gasteiger partial charge in [-0.15, -0.1) is 0 Å². The van der Waals surface area contributed by atoms with E-state index in [2.05, 4.69) is 0 Å². The Morgan fingerprint density at radius 3 is 2.67 bits per heavy atom. The van der Waals surface area contributed by atoms with Gasteiger partial charge in [0, 0.05) is 6.92 Å². The van der Waals surface area contributed by atoms with Crippen molar-refractivity contribution in [1.29, 1.82) is 0 Å². The van der Waals surface area contributed by atoms with Gasteiger partial charge >= 0.3 is 5.97 Å². The van der Waals surface area contributed by atoms with Crippen LogP contribution in [-0.4, -0.2) is 15.6 Å². The van der Waals surface area contributed by atoms with Crippen LogP contribution in [0.4, 0.5) is 0 Å². The second-order valence-electron chi connectivity index (χ2n) is 2.72. The van der Waals surface area contributed by atoms with E-state index in [1.54, 1.807) is 10.8 Å². The van der Waals surface area contributed by atoms with E-state index in [9.17, 15) is 4.79 Å². The zero-order chi connectivity index (χ0) is 9.30. The average molecular weight is 169 g/mol. The van der Waals surface area contributed by atoms with E-state index in [0.29, 0.717) is 12.2 Å². The lowest BCUT2D eigenvalue weighted by atomic mass is 10.4. The monoisotopic (exact) mass is 169 g/mol. The molecule has 1 aromatic heterocycles. The van der Waals surface area contributed by atoms with Crippen LogP contribution < -0.4 is 4.57 Å². The van der Waals surface area contributed by atoms with Crippen LogP contribution in [0.2, 0.25) is 0 Å². The number of hydrogen-bond donors (Lipinski definition) is 1. The summed E-state index contributed by atoms with van der Waals surface area (Å²) in [6, 6.07) is 0. The highest BCUT2D eigenvalue weighted by molar-refractivity contribution is 5.85. The van der Waals surface area contributed by atoms with Crippen molar-refractivity contribution in [2.24, 2.45) is 7.05 Å². The Labute approximate surface area is 71.1 Å². The summed E-state index contributed by atoms with van der Waals surface area (Å²) in [4.78, 5) is 10.7. The van der Waals surface area contributed by atoms with Gasteiger partial charge in [-0.05, 0) is 6.92 Å². The molecule has 0 aliphatic rings. The van der Waals surface area contributed by atoms with Gasteiger partial charge in [-0.1, -0.05) is 0 Å². The van der Waals surface area contributed by atoms with Gasteiger partial charge in [-0.25, -0.2) is 13.9 Å². The van der Waals surface area contributed by atoms with Crippen LogP contribution in [0.1, 0.15) is 23.2 Å². The van der Waals surface area contributed by atoms with Crippen LogP contribution in [-0.2, 0) is 13.6 Å². The summed E-state index contributed by atoms with van der Waals surface area (Å²) in [6.07, 6.45) is 1.63. The molecule has 0 aliphatic heterocycles. The van der Waals surface area contributed by atoms with Crippen molar-refractivity contribution in [3.63, 3.8) is 0 Å². The first-order valence-corrected chi connectivity index (χ1v) is 3.87. The van der Waals surface area contributed by atoms with E-state index in [1.807, 2.05) is 25.5 Å². The minimum atomic E-state index is -0.874. The Morgan fingerprint density at radius 2 is 2.33 bits per heavy atom. The van der Waals surface area contributed by atoms with Crippen LogP contribution in [0.15, 0.2) is 6.20 Å². The minimum absolute atomic E-state index is 0.345. The lowest BCUT2D eigenvalue weighted by molar-refractivity contribution is -0.677. The number of carbonyl (C=O) groups is 1. The Balaban J connectivity index is 3.29. The van der Waals surface area contributed by atoms with E-state index in [4.69, 9.17) is 5.11 Å². The van der Waals surface area contributed by atoms with Gasteiger partial charge in [0.05, 0.1) is 13.6 Å². The van der Waals surface area contributed by atoms with Gasteiger partial charge in [-0.2, -0.15) is 0 Å². The number of aryl methyl sites for hydroxylation is 1. The number of carboxylic acid groups (broad SMARTS) is 1. The summed E-state index contributed by atoms with van der Waals surface area (Å²) in [5, 5.41) is 8.80. The van der Waals surface area contributed by atoms with Gasteiger partial charge in [0.1, 0.15) is 6.20 Å². The summed E-state index contributed by atoms with van der Waals surface area (Å²) >= 11 is 0. The molecule has 0 aliphatic carbocycles. The van der Waals surface area contributed by atoms with Crippen molar-refractivity contribution in [1.82, 2.24) is 4.57 Å². The first-order chi connectivity index (χ1) is 5.57. The highest BCUT2D eigenvalue weighted by Gasteiger charge is 2.21. The minimum Gasteiger partial charge on any atom is -0.475 e. The zero-order valence-corrected chi connectivity index (χ0v) is 7.53. The SMILES string of the molecule is CCn1c(C(=O)O)c[n+](C)c1C. The van der Waals surface area contributed by atoms with Crippen molar-refractivity contribution in [2.75, 3.05) is 0 Å². The molecule has 0 atom stereocenters. The molecule has 0 aromatic carbocycles. The number of rotatable bonds is 2. The maximum Gasteiger partial charge on any atom is 0.379 e. The molecule has 4 nitrogen and oxygen atoms in total. The normalized spacial score (nSPS) is 10.2. The van der Waals surface area contributed by atoms with E-state index >= 15 is 0 Å². The third-order valence-electron chi connectivity index (χ3n) is 2.04. The predicted octanol–water partition coefficient (Wildman–Crippen LogP) is 0.339. The molecule has 0 fully saturated rings. The van der Waals surface area contributed by atoms with E-state index < -0.39 is 5.97 Å². The van der Waals surface area contributed by atoms with E-state index in [-0.39, 0.29) is 0 Å². The number of carboxylic acids is 1. The molecule has 66 valence electrons. The molecule has 0 spiro atoms. The Kier molecular flexibility index (Phi) is 2.17. The lowest BCUT2D eigenvalue weighted by Crippen LogP contribution is -2.29. The first kappa shape index (κ1) is 8.77. The first-order valence-electron chi connectivity index (χ1n) is 3.87. The van der Waals surface area contributed by atoms with Crippen LogP contribution in [0.25, 0.3) is 0 Å². The second kappa shape index (κ2) is 2.97. The van der Waals surface area contributed by atoms with Gasteiger partial charge < -0.3 is 5.11 Å². The number of aromatic nitrogens is 2. The fraction of sp³-hybridized carbons (Fsp3) is 0.500. The van der Waals surface area contributed by atoms with E-state index in [1.165, 1.54) is 0 Å². The molecule has 1 heterocycles. The van der Waals surface area contributed by atoms with Crippen LogP contribution >= 0.6 is 0 Å². The molecular formula is C8H13N2O2+. The number of nitrogens with zero attached hydrogens (tertiary/aromatic N) is 2. The Hall–Kier alpha value is -1.32. The molecule has 0 unspecified atom stereocenters. The van der Waals surface area contributed by atoms with Crippen LogP contribution in [0.3, 0.4) is 0 Å². The molecule has 0 bridgehead atoms. The quantitative estimate of drug-likeness (QED) is 0.649. The van der Waals surface area contributed by atoms with Crippen LogP contribution in [0, 0.1) is 6.92 Å². The fourth-order valence-electron chi connectivity index (χ4n) is 1.28. The van der Waals surface area contributed by atoms with Crippen LogP contribution in [0.5, 0.6) is 0 Å².